The fraction of sp³-hybridized carbons (Fsp3) is 0.462. The van der Waals surface area contributed by atoms with E-state index in [1.807, 2.05) is 24.9 Å². The lowest BCUT2D eigenvalue weighted by molar-refractivity contribution is 0.600. The molecular formula is C13H18ClN3S. The predicted octanol–water partition coefficient (Wildman–Crippen LogP) is 3.63. The molecule has 0 aromatic carbocycles. The highest BCUT2D eigenvalue weighted by Gasteiger charge is 2.19. The molecule has 1 unspecified atom stereocenters. The summed E-state index contributed by atoms with van der Waals surface area (Å²) >= 11 is 8.04. The molecule has 0 saturated heterocycles. The van der Waals surface area contributed by atoms with Crippen molar-refractivity contribution in [3.05, 3.63) is 38.8 Å². The van der Waals surface area contributed by atoms with Gasteiger partial charge in [0.1, 0.15) is 0 Å². The first kappa shape index (κ1) is 13.6. The number of halogens is 1. The smallest absolute Gasteiger partial charge is 0.0714 e. The van der Waals surface area contributed by atoms with E-state index in [-0.39, 0.29) is 6.04 Å². The van der Waals surface area contributed by atoms with Crippen molar-refractivity contribution in [3.8, 4) is 0 Å². The molecule has 0 aliphatic carbocycles. The molecule has 0 spiro atoms. The van der Waals surface area contributed by atoms with Gasteiger partial charge in [-0.3, -0.25) is 4.68 Å². The van der Waals surface area contributed by atoms with Crippen LogP contribution in [0.1, 0.15) is 35.4 Å². The average Bonchev–Trinajstić information content (AvgIpc) is 2.93. The van der Waals surface area contributed by atoms with Crippen molar-refractivity contribution in [2.24, 2.45) is 0 Å². The lowest BCUT2D eigenvalue weighted by Gasteiger charge is -2.13. The zero-order valence-corrected chi connectivity index (χ0v) is 12.5. The van der Waals surface area contributed by atoms with Gasteiger partial charge in [-0.15, -0.1) is 11.3 Å². The molecule has 0 radical (unpaired) electrons. The Kier molecular flexibility index (Phi) is 4.43. The minimum absolute atomic E-state index is 0.127. The van der Waals surface area contributed by atoms with Crippen molar-refractivity contribution in [2.45, 2.75) is 32.9 Å². The Morgan fingerprint density at radius 3 is 2.89 bits per heavy atom. The lowest BCUT2D eigenvalue weighted by atomic mass is 10.1. The summed E-state index contributed by atoms with van der Waals surface area (Å²) < 4.78 is 1.98. The molecule has 1 atom stereocenters. The van der Waals surface area contributed by atoms with E-state index in [2.05, 4.69) is 28.9 Å². The highest BCUT2D eigenvalue weighted by atomic mass is 35.5. The fourth-order valence-electron chi connectivity index (χ4n) is 1.97. The van der Waals surface area contributed by atoms with E-state index in [1.54, 1.807) is 11.3 Å². The van der Waals surface area contributed by atoms with Crippen LogP contribution in [-0.2, 0) is 6.54 Å². The molecule has 0 saturated carbocycles. The third kappa shape index (κ3) is 2.60. The monoisotopic (exact) mass is 283 g/mol. The van der Waals surface area contributed by atoms with Gasteiger partial charge in [-0.25, -0.2) is 0 Å². The molecular weight excluding hydrogens is 266 g/mol. The van der Waals surface area contributed by atoms with Gasteiger partial charge in [-0.1, -0.05) is 18.5 Å². The summed E-state index contributed by atoms with van der Waals surface area (Å²) in [6.45, 7) is 5.14. The molecule has 0 bridgehead atoms. The minimum atomic E-state index is 0.127. The van der Waals surface area contributed by atoms with E-state index in [9.17, 15) is 0 Å². The molecule has 2 aromatic rings. The Morgan fingerprint density at radius 1 is 1.56 bits per heavy atom. The van der Waals surface area contributed by atoms with Gasteiger partial charge in [0.05, 0.1) is 17.3 Å². The molecule has 0 aliphatic rings. The summed E-state index contributed by atoms with van der Waals surface area (Å²) in [5.74, 6) is 0. The molecule has 2 rings (SSSR count). The van der Waals surface area contributed by atoms with Gasteiger partial charge in [0.15, 0.2) is 0 Å². The molecule has 1 N–H and O–H groups in total. The second kappa shape index (κ2) is 5.87. The Labute approximate surface area is 117 Å². The number of nitrogens with zero attached hydrogens (tertiary/aromatic N) is 2. The van der Waals surface area contributed by atoms with Crippen molar-refractivity contribution in [1.29, 1.82) is 0 Å². The molecule has 2 aromatic heterocycles. The van der Waals surface area contributed by atoms with Crippen LogP contribution in [0, 0.1) is 6.92 Å². The van der Waals surface area contributed by atoms with Gasteiger partial charge in [0.2, 0.25) is 0 Å². The number of aromatic nitrogens is 2. The molecule has 5 heteroatoms. The Hall–Kier alpha value is -0.840. The van der Waals surface area contributed by atoms with Gasteiger partial charge < -0.3 is 5.32 Å². The predicted molar refractivity (Wildman–Crippen MR) is 77.5 cm³/mol. The topological polar surface area (TPSA) is 29.9 Å². The minimum Gasteiger partial charge on any atom is -0.309 e. The number of hydrogen-bond donors (Lipinski definition) is 1. The lowest BCUT2D eigenvalue weighted by Crippen LogP contribution is -2.16. The van der Waals surface area contributed by atoms with Crippen molar-refractivity contribution in [1.82, 2.24) is 15.1 Å². The van der Waals surface area contributed by atoms with Crippen LogP contribution in [0.3, 0.4) is 0 Å². The maximum atomic E-state index is 6.34. The SMILES string of the molecule is CCCn1cc(C(NC)c2scc(C)c2Cl)cn1. The number of rotatable bonds is 5. The first-order valence-corrected chi connectivity index (χ1v) is 7.36. The zero-order chi connectivity index (χ0) is 13.1. The van der Waals surface area contributed by atoms with Crippen LogP contribution < -0.4 is 5.32 Å². The van der Waals surface area contributed by atoms with E-state index in [1.165, 1.54) is 0 Å². The maximum Gasteiger partial charge on any atom is 0.0714 e. The molecule has 0 amide bonds. The van der Waals surface area contributed by atoms with Gasteiger partial charge in [-0.05, 0) is 31.3 Å². The second-order valence-electron chi connectivity index (χ2n) is 4.36. The second-order valence-corrected chi connectivity index (χ2v) is 5.64. The number of aryl methyl sites for hydroxylation is 2. The standard InChI is InChI=1S/C13H18ClN3S/c1-4-5-17-7-10(6-16-17)12(15-3)13-11(14)9(2)8-18-13/h6-8,12,15H,4-5H2,1-3H3. The van der Waals surface area contributed by atoms with Crippen LogP contribution >= 0.6 is 22.9 Å². The highest BCUT2D eigenvalue weighted by molar-refractivity contribution is 7.10. The quantitative estimate of drug-likeness (QED) is 0.908. The number of thiophene rings is 1. The highest BCUT2D eigenvalue weighted by Crippen LogP contribution is 2.35. The third-order valence-electron chi connectivity index (χ3n) is 2.92. The van der Waals surface area contributed by atoms with Crippen LogP contribution in [0.4, 0.5) is 0 Å². The molecule has 3 nitrogen and oxygen atoms in total. The van der Waals surface area contributed by atoms with E-state index >= 15 is 0 Å². The van der Waals surface area contributed by atoms with Crippen LogP contribution in [-0.4, -0.2) is 16.8 Å². The van der Waals surface area contributed by atoms with E-state index in [0.717, 1.165) is 34.0 Å². The number of hydrogen-bond acceptors (Lipinski definition) is 3. The van der Waals surface area contributed by atoms with Crippen molar-refractivity contribution in [3.63, 3.8) is 0 Å². The summed E-state index contributed by atoms with van der Waals surface area (Å²) in [6, 6.07) is 0.127. The van der Waals surface area contributed by atoms with E-state index in [4.69, 9.17) is 11.6 Å². The first-order valence-electron chi connectivity index (χ1n) is 6.10. The van der Waals surface area contributed by atoms with Crippen LogP contribution in [0.5, 0.6) is 0 Å². The van der Waals surface area contributed by atoms with Crippen LogP contribution in [0.2, 0.25) is 5.02 Å². The summed E-state index contributed by atoms with van der Waals surface area (Å²) in [4.78, 5) is 1.16. The fourth-order valence-corrected chi connectivity index (χ4v) is 3.41. The van der Waals surface area contributed by atoms with Gasteiger partial charge >= 0.3 is 0 Å². The van der Waals surface area contributed by atoms with Gasteiger partial charge in [0.25, 0.3) is 0 Å². The van der Waals surface area contributed by atoms with Crippen LogP contribution in [0.15, 0.2) is 17.8 Å². The summed E-state index contributed by atoms with van der Waals surface area (Å²) in [5, 5.41) is 10.7. The third-order valence-corrected chi connectivity index (χ3v) is 4.69. The van der Waals surface area contributed by atoms with E-state index < -0.39 is 0 Å². The summed E-state index contributed by atoms with van der Waals surface area (Å²) in [7, 11) is 1.95. The van der Waals surface area contributed by atoms with Gasteiger partial charge in [-0.2, -0.15) is 5.10 Å². The molecule has 2 heterocycles. The molecule has 0 aliphatic heterocycles. The average molecular weight is 284 g/mol. The van der Waals surface area contributed by atoms with Crippen molar-refractivity contribution in [2.75, 3.05) is 7.05 Å². The largest absolute Gasteiger partial charge is 0.309 e. The summed E-state index contributed by atoms with van der Waals surface area (Å²) in [5.41, 5.74) is 2.30. The first-order chi connectivity index (χ1) is 8.67. The van der Waals surface area contributed by atoms with Crippen LogP contribution in [0.25, 0.3) is 0 Å². The summed E-state index contributed by atoms with van der Waals surface area (Å²) in [6.07, 6.45) is 5.10. The Balaban J connectivity index is 2.30. The van der Waals surface area contributed by atoms with Crippen molar-refractivity contribution < 1.29 is 0 Å². The molecule has 0 fully saturated rings. The zero-order valence-electron chi connectivity index (χ0n) is 10.9. The van der Waals surface area contributed by atoms with E-state index in [0.29, 0.717) is 0 Å². The maximum absolute atomic E-state index is 6.34. The number of nitrogens with one attached hydrogen (secondary N) is 1. The molecule has 18 heavy (non-hydrogen) atoms. The van der Waals surface area contributed by atoms with Crippen molar-refractivity contribution >= 4 is 22.9 Å². The Morgan fingerprint density at radius 2 is 2.33 bits per heavy atom. The Bertz CT molecular complexity index is 518. The molecule has 98 valence electrons. The van der Waals surface area contributed by atoms with Gasteiger partial charge in [0, 0.05) is 23.2 Å². The normalized spacial score (nSPS) is 12.9.